The number of rotatable bonds is 7. The molecule has 4 nitrogen and oxygen atoms in total. The zero-order valence-corrected chi connectivity index (χ0v) is 14.5. The molecule has 2 rings (SSSR count). The molecule has 1 N–H and O–H groups in total. The third kappa shape index (κ3) is 3.90. The summed E-state index contributed by atoms with van der Waals surface area (Å²) in [5.41, 5.74) is 0. The predicted molar refractivity (Wildman–Crippen MR) is 87.0 cm³/mol. The van der Waals surface area contributed by atoms with E-state index in [9.17, 15) is 0 Å². The minimum Gasteiger partial charge on any atom is -0.309 e. The normalized spacial score (nSPS) is 13.1. The van der Waals surface area contributed by atoms with Gasteiger partial charge < -0.3 is 5.32 Å². The van der Waals surface area contributed by atoms with Crippen LogP contribution in [0.1, 0.15) is 37.5 Å². The summed E-state index contributed by atoms with van der Waals surface area (Å²) >= 11 is 5.40. The molecule has 2 aromatic rings. The Bertz CT molecular complexity index is 535. The van der Waals surface area contributed by atoms with E-state index in [0.29, 0.717) is 5.92 Å². The van der Waals surface area contributed by atoms with Crippen LogP contribution in [0.2, 0.25) is 0 Å². The topological polar surface area (TPSA) is 42.7 Å². The lowest BCUT2D eigenvalue weighted by Crippen LogP contribution is -2.24. The second kappa shape index (κ2) is 7.33. The molecule has 6 heteroatoms. The average Bonchev–Trinajstić information content (AvgIpc) is 2.98. The van der Waals surface area contributed by atoms with E-state index < -0.39 is 0 Å². The largest absolute Gasteiger partial charge is 0.309 e. The van der Waals surface area contributed by atoms with E-state index >= 15 is 0 Å². The number of nitrogens with one attached hydrogen (secondary N) is 1. The summed E-state index contributed by atoms with van der Waals surface area (Å²) in [5, 5.41) is 10.0. The minimum atomic E-state index is 0.282. The highest BCUT2D eigenvalue weighted by Gasteiger charge is 2.18. The molecular weight excluding hydrogens is 336 g/mol. The molecule has 0 aliphatic heterocycles. The van der Waals surface area contributed by atoms with Crippen LogP contribution >= 0.6 is 27.3 Å². The Balaban J connectivity index is 2.17. The van der Waals surface area contributed by atoms with Crippen molar-refractivity contribution in [2.45, 2.75) is 39.8 Å². The first kappa shape index (κ1) is 15.7. The van der Waals surface area contributed by atoms with Gasteiger partial charge in [-0.05, 0) is 39.8 Å². The molecule has 0 bridgehead atoms. The number of thiophene rings is 1. The molecule has 0 aromatic carbocycles. The first-order valence-corrected chi connectivity index (χ1v) is 8.62. The minimum absolute atomic E-state index is 0.282. The molecule has 0 amide bonds. The fourth-order valence-corrected chi connectivity index (χ4v) is 3.91. The second-order valence-corrected chi connectivity index (χ2v) is 7.00. The Morgan fingerprint density at radius 3 is 2.85 bits per heavy atom. The van der Waals surface area contributed by atoms with Crippen molar-refractivity contribution in [1.82, 2.24) is 20.1 Å². The maximum Gasteiger partial charge on any atom is 0.138 e. The number of likely N-dealkylation sites (N-methyl/N-ethyl adjacent to an activating group) is 1. The molecule has 1 unspecified atom stereocenters. The van der Waals surface area contributed by atoms with E-state index in [1.165, 1.54) is 9.35 Å². The summed E-state index contributed by atoms with van der Waals surface area (Å²) in [6.07, 6.45) is 2.52. The quantitative estimate of drug-likeness (QED) is 0.823. The molecule has 110 valence electrons. The SMILES string of the molecule is CCNC(Cc1ncnn1CC(C)C)c1sccc1Br. The van der Waals surface area contributed by atoms with E-state index in [1.807, 2.05) is 4.68 Å². The standard InChI is InChI=1S/C14H21BrN4S/c1-4-16-12(14-11(15)5-6-20-14)7-13-17-9-18-19(13)8-10(2)3/h5-6,9-10,12,16H,4,7-8H2,1-3H3. The highest BCUT2D eigenvalue weighted by atomic mass is 79.9. The smallest absolute Gasteiger partial charge is 0.138 e. The van der Waals surface area contributed by atoms with Crippen molar-refractivity contribution in [3.63, 3.8) is 0 Å². The predicted octanol–water partition coefficient (Wildman–Crippen LogP) is 3.65. The van der Waals surface area contributed by atoms with Gasteiger partial charge in [0.1, 0.15) is 12.2 Å². The Morgan fingerprint density at radius 1 is 1.45 bits per heavy atom. The van der Waals surface area contributed by atoms with Crippen LogP contribution in [-0.2, 0) is 13.0 Å². The summed E-state index contributed by atoms with van der Waals surface area (Å²) in [6.45, 7) is 8.38. The van der Waals surface area contributed by atoms with Crippen LogP contribution in [0.4, 0.5) is 0 Å². The van der Waals surface area contributed by atoms with Gasteiger partial charge in [0.05, 0.1) is 0 Å². The first-order valence-electron chi connectivity index (χ1n) is 6.94. The number of nitrogens with zero attached hydrogens (tertiary/aromatic N) is 3. The van der Waals surface area contributed by atoms with Crippen molar-refractivity contribution >= 4 is 27.3 Å². The van der Waals surface area contributed by atoms with Crippen LogP contribution in [0.15, 0.2) is 22.2 Å². The lowest BCUT2D eigenvalue weighted by atomic mass is 10.1. The van der Waals surface area contributed by atoms with Crippen molar-refractivity contribution in [2.24, 2.45) is 5.92 Å². The van der Waals surface area contributed by atoms with Gasteiger partial charge in [-0.3, -0.25) is 0 Å². The monoisotopic (exact) mass is 356 g/mol. The Morgan fingerprint density at radius 2 is 2.25 bits per heavy atom. The number of aromatic nitrogens is 3. The molecule has 0 saturated carbocycles. The van der Waals surface area contributed by atoms with Crippen LogP contribution in [0, 0.1) is 5.92 Å². The van der Waals surface area contributed by atoms with Gasteiger partial charge >= 0.3 is 0 Å². The van der Waals surface area contributed by atoms with Gasteiger partial charge in [0.2, 0.25) is 0 Å². The lowest BCUT2D eigenvalue weighted by Gasteiger charge is -2.17. The van der Waals surface area contributed by atoms with Crippen LogP contribution in [0.25, 0.3) is 0 Å². The summed E-state index contributed by atoms with van der Waals surface area (Å²) in [5.74, 6) is 1.62. The number of halogens is 1. The zero-order valence-electron chi connectivity index (χ0n) is 12.1. The lowest BCUT2D eigenvalue weighted by molar-refractivity contribution is 0.448. The molecule has 0 radical (unpaired) electrons. The van der Waals surface area contributed by atoms with Gasteiger partial charge in [0, 0.05) is 28.4 Å². The average molecular weight is 357 g/mol. The molecular formula is C14H21BrN4S. The summed E-state index contributed by atoms with van der Waals surface area (Å²) < 4.78 is 3.19. The van der Waals surface area contributed by atoms with Crippen molar-refractivity contribution in [2.75, 3.05) is 6.54 Å². The third-order valence-electron chi connectivity index (χ3n) is 3.03. The molecule has 20 heavy (non-hydrogen) atoms. The van der Waals surface area contributed by atoms with Crippen molar-refractivity contribution < 1.29 is 0 Å². The molecule has 0 saturated heterocycles. The maximum absolute atomic E-state index is 4.43. The Kier molecular flexibility index (Phi) is 5.74. The highest BCUT2D eigenvalue weighted by molar-refractivity contribution is 9.10. The number of hydrogen-bond donors (Lipinski definition) is 1. The van der Waals surface area contributed by atoms with Crippen molar-refractivity contribution in [3.05, 3.63) is 32.9 Å². The van der Waals surface area contributed by atoms with Gasteiger partial charge in [-0.2, -0.15) is 5.10 Å². The van der Waals surface area contributed by atoms with Crippen molar-refractivity contribution in [3.8, 4) is 0 Å². The summed E-state index contributed by atoms with van der Waals surface area (Å²) in [6, 6.07) is 2.38. The van der Waals surface area contributed by atoms with Crippen LogP contribution in [-0.4, -0.2) is 21.3 Å². The Hall–Kier alpha value is -0.720. The molecule has 0 aliphatic rings. The molecule has 2 aromatic heterocycles. The molecule has 1 atom stereocenters. The van der Waals surface area contributed by atoms with Crippen molar-refractivity contribution in [1.29, 1.82) is 0 Å². The summed E-state index contributed by atoms with van der Waals surface area (Å²) in [4.78, 5) is 5.76. The van der Waals surface area contributed by atoms with E-state index in [1.54, 1.807) is 17.7 Å². The maximum atomic E-state index is 4.43. The molecule has 0 spiro atoms. The van der Waals surface area contributed by atoms with E-state index in [-0.39, 0.29) is 6.04 Å². The fraction of sp³-hybridized carbons (Fsp3) is 0.571. The van der Waals surface area contributed by atoms with E-state index in [2.05, 4.69) is 63.5 Å². The first-order chi connectivity index (χ1) is 9.61. The molecule has 0 aliphatic carbocycles. The summed E-state index contributed by atoms with van der Waals surface area (Å²) in [7, 11) is 0. The van der Waals surface area contributed by atoms with Gasteiger partial charge in [0.15, 0.2) is 0 Å². The fourth-order valence-electron chi connectivity index (χ4n) is 2.19. The van der Waals surface area contributed by atoms with Crippen LogP contribution in [0.5, 0.6) is 0 Å². The van der Waals surface area contributed by atoms with E-state index in [0.717, 1.165) is 25.3 Å². The van der Waals surface area contributed by atoms with Crippen LogP contribution < -0.4 is 5.32 Å². The van der Waals surface area contributed by atoms with Crippen LogP contribution in [0.3, 0.4) is 0 Å². The zero-order chi connectivity index (χ0) is 14.5. The highest BCUT2D eigenvalue weighted by Crippen LogP contribution is 2.30. The number of hydrogen-bond acceptors (Lipinski definition) is 4. The second-order valence-electron chi connectivity index (χ2n) is 5.20. The van der Waals surface area contributed by atoms with Gasteiger partial charge in [-0.15, -0.1) is 11.3 Å². The molecule has 0 fully saturated rings. The third-order valence-corrected chi connectivity index (χ3v) is 5.02. The van der Waals surface area contributed by atoms with Gasteiger partial charge in [-0.1, -0.05) is 20.8 Å². The van der Waals surface area contributed by atoms with E-state index in [4.69, 9.17) is 0 Å². The van der Waals surface area contributed by atoms with Gasteiger partial charge in [0.25, 0.3) is 0 Å². The molecule has 2 heterocycles. The Labute approximate surface area is 132 Å². The van der Waals surface area contributed by atoms with Gasteiger partial charge in [-0.25, -0.2) is 9.67 Å².